The molecule has 0 bridgehead atoms. The summed E-state index contributed by atoms with van der Waals surface area (Å²) in [5.74, 6) is 1.63. The fourth-order valence-electron chi connectivity index (χ4n) is 4.28. The number of fused-ring (bicyclic) bond motifs is 1. The summed E-state index contributed by atoms with van der Waals surface area (Å²) in [4.78, 5) is 22.0. The molecule has 0 amide bonds. The Kier molecular flexibility index (Phi) is 6.37. The van der Waals surface area contributed by atoms with E-state index in [1.165, 1.54) is 4.57 Å². The van der Waals surface area contributed by atoms with Gasteiger partial charge >= 0.3 is 0 Å². The van der Waals surface area contributed by atoms with E-state index in [9.17, 15) is 4.79 Å². The Morgan fingerprint density at radius 3 is 2.22 bits per heavy atom. The van der Waals surface area contributed by atoms with Gasteiger partial charge in [0.1, 0.15) is 11.4 Å². The van der Waals surface area contributed by atoms with E-state index in [1.807, 2.05) is 42.5 Å². The monoisotopic (exact) mass is 512 g/mol. The lowest BCUT2D eigenvalue weighted by molar-refractivity contribution is 0.355. The average Bonchev–Trinajstić information content (AvgIpc) is 2.92. The van der Waals surface area contributed by atoms with Crippen LogP contribution in [0.3, 0.4) is 0 Å². The van der Waals surface area contributed by atoms with Crippen molar-refractivity contribution in [3.05, 3.63) is 87.9 Å². The van der Waals surface area contributed by atoms with Gasteiger partial charge in [-0.1, -0.05) is 30.3 Å². The van der Waals surface area contributed by atoms with Crippen LogP contribution in [0.15, 0.2) is 77.6 Å². The van der Waals surface area contributed by atoms with Gasteiger partial charge < -0.3 is 24.9 Å². The quantitative estimate of drug-likeness (QED) is 0.232. The standard InChI is InChI=1S/C28H24N4O4S/c1-34-22-7-5-4-6-21(22)32-27(33)25-19(17-10-13-23(35-2)24(14-17)36-3)15-20(30-26(25)31-28(32)37)16-8-11-18(29)12-9-16/h4-15H,29H2,1-3H3,(H,30,31,37). The summed E-state index contributed by atoms with van der Waals surface area (Å²) < 4.78 is 18.1. The van der Waals surface area contributed by atoms with E-state index in [0.29, 0.717) is 50.9 Å². The van der Waals surface area contributed by atoms with Crippen LogP contribution in [0.5, 0.6) is 17.2 Å². The van der Waals surface area contributed by atoms with Crippen molar-refractivity contribution < 1.29 is 14.2 Å². The minimum Gasteiger partial charge on any atom is -0.495 e. The Morgan fingerprint density at radius 2 is 1.51 bits per heavy atom. The van der Waals surface area contributed by atoms with Gasteiger partial charge in [-0.3, -0.25) is 4.79 Å². The largest absolute Gasteiger partial charge is 0.495 e. The predicted octanol–water partition coefficient (Wildman–Crippen LogP) is 5.39. The van der Waals surface area contributed by atoms with Crippen molar-refractivity contribution in [1.29, 1.82) is 0 Å². The fraction of sp³-hybridized carbons (Fsp3) is 0.107. The van der Waals surface area contributed by atoms with E-state index in [4.69, 9.17) is 37.1 Å². The van der Waals surface area contributed by atoms with E-state index in [1.54, 1.807) is 51.7 Å². The summed E-state index contributed by atoms with van der Waals surface area (Å²) in [6, 6.07) is 22.0. The third kappa shape index (κ3) is 4.30. The molecule has 2 aromatic heterocycles. The number of benzene rings is 3. The Morgan fingerprint density at radius 1 is 0.838 bits per heavy atom. The van der Waals surface area contributed by atoms with Gasteiger partial charge in [0.25, 0.3) is 5.56 Å². The third-order valence-corrected chi connectivity index (χ3v) is 6.38. The Labute approximate surface area is 217 Å². The van der Waals surface area contributed by atoms with Gasteiger partial charge in [0, 0.05) is 16.8 Å². The van der Waals surface area contributed by atoms with Crippen molar-refractivity contribution in [2.24, 2.45) is 0 Å². The summed E-state index contributed by atoms with van der Waals surface area (Å²) in [5, 5.41) is 0.367. The van der Waals surface area contributed by atoms with Gasteiger partial charge in [-0.15, -0.1) is 0 Å². The first-order valence-corrected chi connectivity index (χ1v) is 11.8. The maximum absolute atomic E-state index is 14.1. The zero-order valence-corrected chi connectivity index (χ0v) is 21.3. The lowest BCUT2D eigenvalue weighted by atomic mass is 9.99. The molecule has 3 N–H and O–H groups in total. The van der Waals surface area contributed by atoms with E-state index in [-0.39, 0.29) is 10.3 Å². The zero-order chi connectivity index (χ0) is 26.1. The lowest BCUT2D eigenvalue weighted by Crippen LogP contribution is -2.22. The molecule has 9 heteroatoms. The number of hydrogen-bond donors (Lipinski definition) is 2. The molecular weight excluding hydrogens is 488 g/mol. The molecule has 186 valence electrons. The SMILES string of the molecule is COc1ccc(-c2cc(-c3ccc(N)cc3)nc3[nH]c(=S)n(-c4ccccc4OC)c(=O)c23)cc1OC. The van der Waals surface area contributed by atoms with Crippen LogP contribution in [-0.2, 0) is 0 Å². The number of anilines is 1. The van der Waals surface area contributed by atoms with Crippen LogP contribution in [0.25, 0.3) is 39.1 Å². The van der Waals surface area contributed by atoms with Crippen LogP contribution in [0.4, 0.5) is 5.69 Å². The Bertz CT molecular complexity index is 1740. The van der Waals surface area contributed by atoms with Crippen LogP contribution >= 0.6 is 12.2 Å². The number of nitrogens with zero attached hydrogens (tertiary/aromatic N) is 2. The maximum Gasteiger partial charge on any atom is 0.269 e. The average molecular weight is 513 g/mol. The second-order valence-electron chi connectivity index (χ2n) is 8.21. The van der Waals surface area contributed by atoms with Gasteiger partial charge in [-0.2, -0.15) is 0 Å². The highest BCUT2D eigenvalue weighted by Crippen LogP contribution is 2.36. The van der Waals surface area contributed by atoms with Gasteiger partial charge in [0.2, 0.25) is 0 Å². The summed E-state index contributed by atoms with van der Waals surface area (Å²) in [6.07, 6.45) is 0. The third-order valence-electron chi connectivity index (χ3n) is 6.09. The summed E-state index contributed by atoms with van der Waals surface area (Å²) in [6.45, 7) is 0. The summed E-state index contributed by atoms with van der Waals surface area (Å²) in [5.41, 5.74) is 9.98. The Balaban J connectivity index is 1.88. The lowest BCUT2D eigenvalue weighted by Gasteiger charge is -2.15. The molecule has 0 atom stereocenters. The van der Waals surface area contributed by atoms with Crippen molar-refractivity contribution in [3.8, 4) is 45.3 Å². The van der Waals surface area contributed by atoms with Crippen molar-refractivity contribution in [3.63, 3.8) is 0 Å². The predicted molar refractivity (Wildman–Crippen MR) is 147 cm³/mol. The molecule has 5 rings (SSSR count). The first kappa shape index (κ1) is 24.1. The molecule has 0 aliphatic heterocycles. The smallest absolute Gasteiger partial charge is 0.269 e. The number of ether oxygens (including phenoxy) is 3. The van der Waals surface area contributed by atoms with Gasteiger partial charge in [0.05, 0.1) is 38.1 Å². The minimum atomic E-state index is -0.329. The zero-order valence-electron chi connectivity index (χ0n) is 20.4. The molecule has 0 unspecified atom stereocenters. The normalized spacial score (nSPS) is 10.9. The van der Waals surface area contributed by atoms with Crippen molar-refractivity contribution in [1.82, 2.24) is 14.5 Å². The molecule has 0 spiro atoms. The molecule has 3 aromatic carbocycles. The van der Waals surface area contributed by atoms with Gasteiger partial charge in [0.15, 0.2) is 16.3 Å². The highest BCUT2D eigenvalue weighted by Gasteiger charge is 2.19. The van der Waals surface area contributed by atoms with Crippen LogP contribution in [0, 0.1) is 4.77 Å². The van der Waals surface area contributed by atoms with Crippen LogP contribution in [0.1, 0.15) is 0 Å². The van der Waals surface area contributed by atoms with E-state index in [2.05, 4.69) is 4.98 Å². The molecular formula is C28H24N4O4S. The molecule has 0 saturated carbocycles. The molecule has 8 nitrogen and oxygen atoms in total. The first-order chi connectivity index (χ1) is 17.9. The molecule has 0 radical (unpaired) electrons. The number of aromatic nitrogens is 3. The van der Waals surface area contributed by atoms with Crippen molar-refractivity contribution in [2.75, 3.05) is 27.1 Å². The number of H-pyrrole nitrogens is 1. The van der Waals surface area contributed by atoms with E-state index < -0.39 is 0 Å². The second-order valence-corrected chi connectivity index (χ2v) is 8.60. The number of para-hydroxylation sites is 2. The van der Waals surface area contributed by atoms with E-state index in [0.717, 1.165) is 11.1 Å². The van der Waals surface area contributed by atoms with Gasteiger partial charge in [-0.05, 0) is 60.2 Å². The number of rotatable bonds is 6. The topological polar surface area (TPSA) is 104 Å². The number of hydrogen-bond acceptors (Lipinski definition) is 7. The highest BCUT2D eigenvalue weighted by atomic mass is 32.1. The molecule has 0 aliphatic carbocycles. The van der Waals surface area contributed by atoms with E-state index >= 15 is 0 Å². The number of pyridine rings is 1. The number of aromatic amines is 1. The molecule has 0 fully saturated rings. The molecule has 0 aliphatic rings. The Hall–Kier alpha value is -4.63. The summed E-state index contributed by atoms with van der Waals surface area (Å²) >= 11 is 5.62. The molecule has 5 aromatic rings. The molecule has 0 saturated heterocycles. The highest BCUT2D eigenvalue weighted by molar-refractivity contribution is 7.71. The van der Waals surface area contributed by atoms with Crippen molar-refractivity contribution >= 4 is 28.9 Å². The second kappa shape index (κ2) is 9.79. The maximum atomic E-state index is 14.1. The van der Waals surface area contributed by atoms with Crippen molar-refractivity contribution in [2.45, 2.75) is 0 Å². The number of nitrogens with one attached hydrogen (secondary N) is 1. The molecule has 37 heavy (non-hydrogen) atoms. The number of methoxy groups -OCH3 is 3. The number of nitrogens with two attached hydrogens (primary N) is 1. The molecule has 2 heterocycles. The van der Waals surface area contributed by atoms with Crippen LogP contribution in [-0.4, -0.2) is 35.9 Å². The fourth-order valence-corrected chi connectivity index (χ4v) is 4.56. The van der Waals surface area contributed by atoms with Crippen LogP contribution in [0.2, 0.25) is 0 Å². The summed E-state index contributed by atoms with van der Waals surface area (Å²) in [7, 11) is 4.69. The van der Waals surface area contributed by atoms with Gasteiger partial charge in [-0.25, -0.2) is 9.55 Å². The van der Waals surface area contributed by atoms with Crippen LogP contribution < -0.4 is 25.5 Å². The first-order valence-electron chi connectivity index (χ1n) is 11.4. The minimum absolute atomic E-state index is 0.196. The number of nitrogen functional groups attached to an aromatic ring is 1.